The molecule has 0 saturated heterocycles. The minimum atomic E-state index is -0.164. The highest BCUT2D eigenvalue weighted by Gasteiger charge is 2.10. The van der Waals surface area contributed by atoms with Gasteiger partial charge in [-0.1, -0.05) is 30.3 Å². The van der Waals surface area contributed by atoms with Gasteiger partial charge < -0.3 is 10.1 Å². The molecule has 0 spiro atoms. The van der Waals surface area contributed by atoms with Crippen molar-refractivity contribution >= 4 is 11.7 Å². The van der Waals surface area contributed by atoms with Crippen molar-refractivity contribution in [3.63, 3.8) is 0 Å². The van der Waals surface area contributed by atoms with Crippen molar-refractivity contribution in [3.05, 3.63) is 53.7 Å². The van der Waals surface area contributed by atoms with Crippen LogP contribution in [0.2, 0.25) is 0 Å². The summed E-state index contributed by atoms with van der Waals surface area (Å²) in [5, 5.41) is 2.68. The van der Waals surface area contributed by atoms with E-state index in [2.05, 4.69) is 10.3 Å². The van der Waals surface area contributed by atoms with Gasteiger partial charge in [0.2, 0.25) is 5.91 Å². The summed E-state index contributed by atoms with van der Waals surface area (Å²) in [6, 6.07) is 11.7. The Kier molecular flexibility index (Phi) is 4.13. The minimum Gasteiger partial charge on any atom is -0.485 e. The van der Waals surface area contributed by atoms with Gasteiger partial charge in [-0.15, -0.1) is 0 Å². The molecule has 0 aliphatic carbocycles. The quantitative estimate of drug-likeness (QED) is 0.915. The summed E-state index contributed by atoms with van der Waals surface area (Å²) in [4.78, 5) is 15.3. The summed E-state index contributed by atoms with van der Waals surface area (Å²) in [6.07, 6.45) is 1.65. The first-order valence-corrected chi connectivity index (χ1v) is 6.06. The number of amides is 1. The molecule has 4 heteroatoms. The molecule has 0 fully saturated rings. The maximum Gasteiger partial charge on any atom is 0.222 e. The van der Waals surface area contributed by atoms with Crippen LogP contribution in [0.15, 0.2) is 42.6 Å². The lowest BCUT2D eigenvalue weighted by Crippen LogP contribution is -2.10. The minimum absolute atomic E-state index is 0.164. The topological polar surface area (TPSA) is 51.2 Å². The first-order valence-electron chi connectivity index (χ1n) is 6.06. The highest BCUT2D eigenvalue weighted by molar-refractivity contribution is 5.89. The highest BCUT2D eigenvalue weighted by Crippen LogP contribution is 2.26. The van der Waals surface area contributed by atoms with Crippen LogP contribution in [-0.4, -0.2) is 10.9 Å². The molecule has 0 aliphatic rings. The van der Waals surface area contributed by atoms with Crippen LogP contribution in [0, 0.1) is 6.92 Å². The molecular weight excluding hydrogens is 240 g/mol. The number of benzene rings is 1. The molecule has 0 radical (unpaired) electrons. The normalized spacial score (nSPS) is 10.0. The molecule has 0 bridgehead atoms. The number of carbonyl (C=O) groups is 1. The third-order valence-electron chi connectivity index (χ3n) is 2.62. The fraction of sp³-hybridized carbons (Fsp3) is 0.200. The molecule has 0 atom stereocenters. The maximum atomic E-state index is 11.1. The summed E-state index contributed by atoms with van der Waals surface area (Å²) in [7, 11) is 0. The maximum absolute atomic E-state index is 11.1. The van der Waals surface area contributed by atoms with Gasteiger partial charge in [-0.05, 0) is 24.1 Å². The van der Waals surface area contributed by atoms with Gasteiger partial charge in [-0.2, -0.15) is 0 Å². The van der Waals surface area contributed by atoms with E-state index < -0.39 is 0 Å². The second-order valence-corrected chi connectivity index (χ2v) is 4.26. The van der Waals surface area contributed by atoms with E-state index in [9.17, 15) is 4.79 Å². The van der Waals surface area contributed by atoms with E-state index in [1.165, 1.54) is 6.92 Å². The lowest BCUT2D eigenvalue weighted by atomic mass is 10.2. The number of pyridine rings is 1. The third-order valence-corrected chi connectivity index (χ3v) is 2.62. The second-order valence-electron chi connectivity index (χ2n) is 4.26. The van der Waals surface area contributed by atoms with Crippen molar-refractivity contribution in [1.29, 1.82) is 0 Å². The van der Waals surface area contributed by atoms with Crippen LogP contribution in [0.1, 0.15) is 18.1 Å². The predicted octanol–water partition coefficient (Wildman–Crippen LogP) is 2.93. The first kappa shape index (κ1) is 13.1. The number of aryl methyl sites for hydroxylation is 1. The zero-order valence-electron chi connectivity index (χ0n) is 11.0. The number of carbonyl (C=O) groups excluding carboxylic acids is 1. The zero-order chi connectivity index (χ0) is 13.7. The summed E-state index contributed by atoms with van der Waals surface area (Å²) in [5.74, 6) is 0.910. The largest absolute Gasteiger partial charge is 0.485 e. The number of aromatic nitrogens is 1. The van der Waals surface area contributed by atoms with E-state index in [0.29, 0.717) is 18.2 Å². The summed E-state index contributed by atoms with van der Waals surface area (Å²) < 4.78 is 5.78. The monoisotopic (exact) mass is 256 g/mol. The molecular formula is C15H16N2O2. The number of ether oxygens (including phenoxy) is 1. The lowest BCUT2D eigenvalue weighted by Gasteiger charge is -2.13. The van der Waals surface area contributed by atoms with Gasteiger partial charge in [0.15, 0.2) is 11.6 Å². The molecule has 98 valence electrons. The number of rotatable bonds is 4. The van der Waals surface area contributed by atoms with Gasteiger partial charge in [0, 0.05) is 13.1 Å². The number of nitrogens with one attached hydrogen (secondary N) is 1. The third kappa shape index (κ3) is 3.55. The molecule has 1 N–H and O–H groups in total. The lowest BCUT2D eigenvalue weighted by molar-refractivity contribution is -0.114. The number of anilines is 1. The smallest absolute Gasteiger partial charge is 0.222 e. The van der Waals surface area contributed by atoms with Crippen LogP contribution in [0.4, 0.5) is 5.82 Å². The van der Waals surface area contributed by atoms with Crippen LogP contribution in [-0.2, 0) is 11.4 Å². The van der Waals surface area contributed by atoms with Crippen molar-refractivity contribution in [3.8, 4) is 5.75 Å². The molecule has 2 aromatic rings. The Hall–Kier alpha value is -2.36. The van der Waals surface area contributed by atoms with E-state index in [1.54, 1.807) is 6.20 Å². The van der Waals surface area contributed by atoms with Gasteiger partial charge >= 0.3 is 0 Å². The molecule has 1 aromatic carbocycles. The van der Waals surface area contributed by atoms with E-state index in [4.69, 9.17) is 4.74 Å². The molecule has 1 aromatic heterocycles. The van der Waals surface area contributed by atoms with Gasteiger partial charge in [-0.3, -0.25) is 4.79 Å². The Morgan fingerprint density at radius 2 is 2.00 bits per heavy atom. The fourth-order valence-corrected chi connectivity index (χ4v) is 1.71. The Balaban J connectivity index is 2.17. The van der Waals surface area contributed by atoms with E-state index in [1.807, 2.05) is 43.3 Å². The van der Waals surface area contributed by atoms with E-state index in [0.717, 1.165) is 11.1 Å². The molecule has 19 heavy (non-hydrogen) atoms. The van der Waals surface area contributed by atoms with Crippen molar-refractivity contribution in [2.45, 2.75) is 20.5 Å². The number of nitrogens with zero attached hydrogens (tertiary/aromatic N) is 1. The SMILES string of the molecule is CC(=O)Nc1nccc(C)c1OCc1ccccc1. The Bertz CT molecular complexity index is 568. The summed E-state index contributed by atoms with van der Waals surface area (Å²) in [5.41, 5.74) is 2.01. The summed E-state index contributed by atoms with van der Waals surface area (Å²) in [6.45, 7) is 3.82. The fourth-order valence-electron chi connectivity index (χ4n) is 1.71. The van der Waals surface area contributed by atoms with Gasteiger partial charge in [-0.25, -0.2) is 4.98 Å². The van der Waals surface area contributed by atoms with Crippen LogP contribution >= 0.6 is 0 Å². The first-order chi connectivity index (χ1) is 9.16. The van der Waals surface area contributed by atoms with Crippen LogP contribution in [0.3, 0.4) is 0 Å². The van der Waals surface area contributed by atoms with Crippen LogP contribution < -0.4 is 10.1 Å². The van der Waals surface area contributed by atoms with Gasteiger partial charge in [0.25, 0.3) is 0 Å². The molecule has 1 amide bonds. The average molecular weight is 256 g/mol. The second kappa shape index (κ2) is 6.00. The molecule has 4 nitrogen and oxygen atoms in total. The van der Waals surface area contributed by atoms with Crippen molar-refractivity contribution in [2.75, 3.05) is 5.32 Å². The Morgan fingerprint density at radius 1 is 1.26 bits per heavy atom. The highest BCUT2D eigenvalue weighted by atomic mass is 16.5. The number of hydrogen-bond donors (Lipinski definition) is 1. The molecule has 1 heterocycles. The Morgan fingerprint density at radius 3 is 2.68 bits per heavy atom. The van der Waals surface area contributed by atoms with Gasteiger partial charge in [0.1, 0.15) is 6.61 Å². The van der Waals surface area contributed by atoms with E-state index >= 15 is 0 Å². The van der Waals surface area contributed by atoms with Crippen LogP contribution in [0.5, 0.6) is 5.75 Å². The molecule has 0 saturated carbocycles. The number of hydrogen-bond acceptors (Lipinski definition) is 3. The van der Waals surface area contributed by atoms with Crippen molar-refractivity contribution in [2.24, 2.45) is 0 Å². The van der Waals surface area contributed by atoms with Crippen LogP contribution in [0.25, 0.3) is 0 Å². The molecule has 0 aliphatic heterocycles. The standard InChI is InChI=1S/C15H16N2O2/c1-11-8-9-16-15(17-12(2)18)14(11)19-10-13-6-4-3-5-7-13/h3-9H,10H2,1-2H3,(H,16,17,18). The van der Waals surface area contributed by atoms with E-state index in [-0.39, 0.29) is 5.91 Å². The zero-order valence-corrected chi connectivity index (χ0v) is 11.0. The van der Waals surface area contributed by atoms with Crippen molar-refractivity contribution in [1.82, 2.24) is 4.98 Å². The molecule has 2 rings (SSSR count). The van der Waals surface area contributed by atoms with Crippen molar-refractivity contribution < 1.29 is 9.53 Å². The predicted molar refractivity (Wildman–Crippen MR) is 74.1 cm³/mol. The average Bonchev–Trinajstić information content (AvgIpc) is 2.38. The molecule has 0 unspecified atom stereocenters. The summed E-state index contributed by atoms with van der Waals surface area (Å²) >= 11 is 0. The van der Waals surface area contributed by atoms with Gasteiger partial charge in [0.05, 0.1) is 0 Å². The Labute approximate surface area is 112 Å².